The molecule has 0 radical (unpaired) electrons. The molecule has 1 rings (SSSR count). The van der Waals surface area contributed by atoms with Crippen molar-refractivity contribution in [3.63, 3.8) is 0 Å². The number of halogens is 3. The van der Waals surface area contributed by atoms with Crippen LogP contribution in [0.3, 0.4) is 0 Å². The van der Waals surface area contributed by atoms with Crippen molar-refractivity contribution in [3.8, 4) is 6.07 Å². The van der Waals surface area contributed by atoms with E-state index < -0.39 is 12.7 Å². The number of hydrogen-bond acceptors (Lipinski definition) is 4. The topological polar surface area (TPSA) is 49.1 Å². The fourth-order valence-electron chi connectivity index (χ4n) is 1.50. The molecule has 1 aromatic heterocycles. The second kappa shape index (κ2) is 7.07. The Balaban J connectivity index is 2.67. The second-order valence-electron chi connectivity index (χ2n) is 3.97. The van der Waals surface area contributed by atoms with Crippen molar-refractivity contribution in [1.82, 2.24) is 9.88 Å². The van der Waals surface area contributed by atoms with Crippen LogP contribution >= 0.6 is 0 Å². The number of nitrogens with zero attached hydrogens (tertiary/aromatic N) is 3. The Labute approximate surface area is 109 Å². The summed E-state index contributed by atoms with van der Waals surface area (Å²) >= 11 is 0. The summed E-state index contributed by atoms with van der Waals surface area (Å²) in [5.41, 5.74) is 0.863. The van der Waals surface area contributed by atoms with Gasteiger partial charge in [-0.05, 0) is 12.1 Å². The summed E-state index contributed by atoms with van der Waals surface area (Å²) in [5.74, 6) is 0. The first-order valence-electron chi connectivity index (χ1n) is 5.57. The normalized spacial score (nSPS) is 11.6. The van der Waals surface area contributed by atoms with Gasteiger partial charge in [0.25, 0.3) is 0 Å². The van der Waals surface area contributed by atoms with Crippen LogP contribution in [0.25, 0.3) is 0 Å². The zero-order valence-corrected chi connectivity index (χ0v) is 10.4. The maximum absolute atomic E-state index is 12.4. The van der Waals surface area contributed by atoms with Gasteiger partial charge < -0.3 is 4.74 Å². The molecule has 0 aliphatic rings. The summed E-state index contributed by atoms with van der Waals surface area (Å²) in [4.78, 5) is 5.16. The monoisotopic (exact) mass is 273 g/mol. The number of nitriles is 1. The molecule has 0 aliphatic carbocycles. The van der Waals surface area contributed by atoms with Gasteiger partial charge in [-0.1, -0.05) is 0 Å². The Hall–Kier alpha value is -1.65. The smallest absolute Gasteiger partial charge is 0.383 e. The van der Waals surface area contributed by atoms with Crippen molar-refractivity contribution in [2.45, 2.75) is 12.7 Å². The fraction of sp³-hybridized carbons (Fsp3) is 0.500. The first kappa shape index (κ1) is 15.4. The van der Waals surface area contributed by atoms with Crippen LogP contribution in [0.2, 0.25) is 0 Å². The highest BCUT2D eigenvalue weighted by molar-refractivity contribution is 5.26. The highest BCUT2D eigenvalue weighted by Crippen LogP contribution is 2.17. The summed E-state index contributed by atoms with van der Waals surface area (Å²) in [6, 6.07) is 4.99. The van der Waals surface area contributed by atoms with E-state index in [1.165, 1.54) is 24.3 Å². The van der Waals surface area contributed by atoms with Crippen LogP contribution in [0.1, 0.15) is 11.3 Å². The van der Waals surface area contributed by atoms with Gasteiger partial charge in [0.2, 0.25) is 0 Å². The largest absolute Gasteiger partial charge is 0.401 e. The van der Waals surface area contributed by atoms with E-state index in [-0.39, 0.29) is 19.7 Å². The van der Waals surface area contributed by atoms with E-state index in [4.69, 9.17) is 10.00 Å². The average Bonchev–Trinajstić information content (AvgIpc) is 2.35. The molecule has 0 saturated heterocycles. The average molecular weight is 273 g/mol. The van der Waals surface area contributed by atoms with Crippen LogP contribution in [0.4, 0.5) is 13.2 Å². The van der Waals surface area contributed by atoms with Crippen molar-refractivity contribution in [3.05, 3.63) is 29.6 Å². The molecule has 19 heavy (non-hydrogen) atoms. The minimum Gasteiger partial charge on any atom is -0.383 e. The van der Waals surface area contributed by atoms with E-state index in [0.29, 0.717) is 11.3 Å². The van der Waals surface area contributed by atoms with Gasteiger partial charge in [0.1, 0.15) is 6.07 Å². The molecule has 7 heteroatoms. The van der Waals surface area contributed by atoms with Gasteiger partial charge in [0, 0.05) is 26.4 Å². The molecule has 0 amide bonds. The highest BCUT2D eigenvalue weighted by atomic mass is 19.4. The van der Waals surface area contributed by atoms with Gasteiger partial charge in [-0.25, -0.2) is 0 Å². The molecule has 0 atom stereocenters. The minimum absolute atomic E-state index is 0.0641. The molecule has 0 aliphatic heterocycles. The second-order valence-corrected chi connectivity index (χ2v) is 3.97. The lowest BCUT2D eigenvalue weighted by atomic mass is 10.2. The van der Waals surface area contributed by atoms with Crippen LogP contribution in [-0.4, -0.2) is 42.9 Å². The number of aromatic nitrogens is 1. The molecule has 0 N–H and O–H groups in total. The van der Waals surface area contributed by atoms with E-state index in [1.54, 1.807) is 6.07 Å². The van der Waals surface area contributed by atoms with Crippen LogP contribution in [-0.2, 0) is 11.3 Å². The van der Waals surface area contributed by atoms with Crippen LogP contribution < -0.4 is 0 Å². The van der Waals surface area contributed by atoms with Gasteiger partial charge in [-0.3, -0.25) is 9.88 Å². The van der Waals surface area contributed by atoms with E-state index >= 15 is 0 Å². The van der Waals surface area contributed by atoms with Crippen LogP contribution in [0, 0.1) is 11.3 Å². The third-order valence-electron chi connectivity index (χ3n) is 2.35. The van der Waals surface area contributed by atoms with Gasteiger partial charge >= 0.3 is 6.18 Å². The number of hydrogen-bond donors (Lipinski definition) is 0. The molecule has 0 saturated carbocycles. The lowest BCUT2D eigenvalue weighted by molar-refractivity contribution is -0.148. The highest BCUT2D eigenvalue weighted by Gasteiger charge is 2.30. The third kappa shape index (κ3) is 6.18. The maximum atomic E-state index is 12.4. The number of rotatable bonds is 6. The van der Waals surface area contributed by atoms with E-state index in [0.717, 1.165) is 0 Å². The zero-order chi connectivity index (χ0) is 14.3. The Morgan fingerprint density at radius 3 is 2.63 bits per heavy atom. The molecular weight excluding hydrogens is 259 g/mol. The predicted octanol–water partition coefficient (Wildman–Crippen LogP) is 1.96. The van der Waals surface area contributed by atoms with Gasteiger partial charge in [-0.2, -0.15) is 18.4 Å². The molecule has 0 aromatic carbocycles. The Bertz CT molecular complexity index is 425. The van der Waals surface area contributed by atoms with E-state index in [9.17, 15) is 13.2 Å². The van der Waals surface area contributed by atoms with E-state index in [2.05, 4.69) is 4.98 Å². The van der Waals surface area contributed by atoms with Crippen molar-refractivity contribution in [2.75, 3.05) is 26.8 Å². The lowest BCUT2D eigenvalue weighted by Gasteiger charge is -2.22. The standard InChI is InChI=1S/C12H14F3N3O/c1-19-5-4-18(9-12(13,14)15)8-11-3-2-10(6-16)7-17-11/h2-3,7H,4-5,8-9H2,1H3. The molecule has 0 fully saturated rings. The SMILES string of the molecule is COCCN(Cc1ccc(C#N)cn1)CC(F)(F)F. The minimum atomic E-state index is -4.26. The summed E-state index contributed by atoms with van der Waals surface area (Å²) in [6.45, 7) is -0.573. The van der Waals surface area contributed by atoms with Gasteiger partial charge in [0.15, 0.2) is 0 Å². The Morgan fingerprint density at radius 1 is 1.42 bits per heavy atom. The van der Waals surface area contributed by atoms with E-state index in [1.807, 2.05) is 6.07 Å². The Kier molecular flexibility index (Phi) is 5.73. The molecule has 0 unspecified atom stereocenters. The summed E-state index contributed by atoms with van der Waals surface area (Å²) < 4.78 is 42.0. The lowest BCUT2D eigenvalue weighted by Crippen LogP contribution is -2.36. The predicted molar refractivity (Wildman–Crippen MR) is 62.2 cm³/mol. The summed E-state index contributed by atoms with van der Waals surface area (Å²) in [5, 5.41) is 8.61. The first-order chi connectivity index (χ1) is 8.94. The van der Waals surface area contributed by atoms with Crippen molar-refractivity contribution >= 4 is 0 Å². The summed E-state index contributed by atoms with van der Waals surface area (Å²) in [7, 11) is 1.44. The Morgan fingerprint density at radius 2 is 2.16 bits per heavy atom. The van der Waals surface area contributed by atoms with Gasteiger partial charge in [-0.15, -0.1) is 0 Å². The quantitative estimate of drug-likeness (QED) is 0.795. The maximum Gasteiger partial charge on any atom is 0.401 e. The van der Waals surface area contributed by atoms with Crippen LogP contribution in [0.15, 0.2) is 18.3 Å². The molecule has 1 heterocycles. The number of ether oxygens (including phenoxy) is 1. The molecular formula is C12H14F3N3O. The van der Waals surface area contributed by atoms with Crippen molar-refractivity contribution < 1.29 is 17.9 Å². The number of alkyl halides is 3. The fourth-order valence-corrected chi connectivity index (χ4v) is 1.50. The van der Waals surface area contributed by atoms with Crippen molar-refractivity contribution in [1.29, 1.82) is 5.26 Å². The molecule has 104 valence electrons. The van der Waals surface area contributed by atoms with Gasteiger partial charge in [0.05, 0.1) is 24.4 Å². The number of pyridine rings is 1. The molecule has 0 spiro atoms. The molecule has 0 bridgehead atoms. The molecule has 1 aromatic rings. The zero-order valence-electron chi connectivity index (χ0n) is 10.4. The number of methoxy groups -OCH3 is 1. The third-order valence-corrected chi connectivity index (χ3v) is 2.35. The summed E-state index contributed by atoms with van der Waals surface area (Å²) in [6.07, 6.45) is -2.92. The molecule has 4 nitrogen and oxygen atoms in total. The van der Waals surface area contributed by atoms with Crippen LogP contribution in [0.5, 0.6) is 0 Å². The first-order valence-corrected chi connectivity index (χ1v) is 5.57. The van der Waals surface area contributed by atoms with Crippen molar-refractivity contribution in [2.24, 2.45) is 0 Å².